The van der Waals surface area contributed by atoms with Crippen molar-refractivity contribution in [1.29, 1.82) is 0 Å². The zero-order valence-electron chi connectivity index (χ0n) is 15.0. The molecule has 5 nitrogen and oxygen atoms in total. The van der Waals surface area contributed by atoms with Crippen molar-refractivity contribution in [3.05, 3.63) is 35.9 Å². The highest BCUT2D eigenvalue weighted by molar-refractivity contribution is 7.98. The Hall–Kier alpha value is -1.53. The number of nitrogens with two attached hydrogens (primary N) is 1. The number of nitrogens with zero attached hydrogens (tertiary/aromatic N) is 1. The maximum absolute atomic E-state index is 12.8. The van der Waals surface area contributed by atoms with Crippen LogP contribution in [0.25, 0.3) is 0 Å². The summed E-state index contributed by atoms with van der Waals surface area (Å²) in [5.74, 6) is 0.510. The minimum atomic E-state index is -0.524. The highest BCUT2D eigenvalue weighted by Gasteiger charge is 2.27. The van der Waals surface area contributed by atoms with Crippen LogP contribution in [0, 0.1) is 5.41 Å². The molecule has 3 N–H and O–H groups in total. The molecule has 1 rings (SSSR count). The van der Waals surface area contributed by atoms with E-state index in [0.717, 1.165) is 5.75 Å². The lowest BCUT2D eigenvalue weighted by atomic mass is 9.93. The van der Waals surface area contributed by atoms with E-state index in [9.17, 15) is 9.59 Å². The Bertz CT molecular complexity index is 534. The molecule has 1 aromatic rings. The van der Waals surface area contributed by atoms with Crippen LogP contribution in [0.5, 0.6) is 0 Å². The van der Waals surface area contributed by atoms with Crippen molar-refractivity contribution in [2.75, 3.05) is 32.1 Å². The van der Waals surface area contributed by atoms with Gasteiger partial charge in [0.25, 0.3) is 5.91 Å². The van der Waals surface area contributed by atoms with Gasteiger partial charge in [0.05, 0.1) is 0 Å². The molecule has 24 heavy (non-hydrogen) atoms. The fourth-order valence-corrected chi connectivity index (χ4v) is 2.85. The number of amides is 2. The predicted molar refractivity (Wildman–Crippen MR) is 101 cm³/mol. The third kappa shape index (κ3) is 6.53. The van der Waals surface area contributed by atoms with Crippen LogP contribution < -0.4 is 11.1 Å². The minimum Gasteiger partial charge on any atom is -0.343 e. The molecule has 6 heteroatoms. The van der Waals surface area contributed by atoms with Crippen LogP contribution in [0.4, 0.5) is 0 Å². The van der Waals surface area contributed by atoms with Crippen LogP contribution in [0.15, 0.2) is 30.3 Å². The third-order valence-corrected chi connectivity index (χ3v) is 4.49. The molecule has 1 unspecified atom stereocenters. The summed E-state index contributed by atoms with van der Waals surface area (Å²) in [6.45, 7) is 5.10. The van der Waals surface area contributed by atoms with Gasteiger partial charge in [0.15, 0.2) is 0 Å². The van der Waals surface area contributed by atoms with Gasteiger partial charge in [-0.2, -0.15) is 11.8 Å². The molecular formula is C18H29N3O2S. The molecule has 0 aliphatic rings. The first kappa shape index (κ1) is 20.5. The number of carbonyl (C=O) groups excluding carboxylic acids is 2. The number of hydrogen-bond acceptors (Lipinski definition) is 4. The van der Waals surface area contributed by atoms with E-state index < -0.39 is 6.04 Å². The van der Waals surface area contributed by atoms with Gasteiger partial charge < -0.3 is 16.0 Å². The Balaban J connectivity index is 2.80. The van der Waals surface area contributed by atoms with Crippen molar-refractivity contribution >= 4 is 23.6 Å². The summed E-state index contributed by atoms with van der Waals surface area (Å²) < 4.78 is 0. The molecule has 0 radical (unpaired) electrons. The lowest BCUT2D eigenvalue weighted by molar-refractivity contribution is -0.133. The van der Waals surface area contributed by atoms with E-state index in [-0.39, 0.29) is 17.2 Å². The molecule has 0 fully saturated rings. The van der Waals surface area contributed by atoms with Crippen molar-refractivity contribution in [1.82, 2.24) is 10.2 Å². The SMILES string of the molecule is CSCCC(NC(=O)c1ccccc1)C(=O)N(C)CC(C)(C)CN. The minimum absolute atomic E-state index is 0.0742. The smallest absolute Gasteiger partial charge is 0.251 e. The Kier molecular flexibility index (Phi) is 8.28. The van der Waals surface area contributed by atoms with Crippen LogP contribution in [-0.2, 0) is 4.79 Å². The molecule has 0 aromatic heterocycles. The number of hydrogen-bond donors (Lipinski definition) is 2. The summed E-state index contributed by atoms with van der Waals surface area (Å²) >= 11 is 1.66. The molecular weight excluding hydrogens is 322 g/mol. The van der Waals surface area contributed by atoms with Gasteiger partial charge in [-0.3, -0.25) is 9.59 Å². The Morgan fingerprint density at radius 1 is 1.29 bits per heavy atom. The first-order chi connectivity index (χ1) is 11.3. The van der Waals surface area contributed by atoms with Crippen molar-refractivity contribution in [3.63, 3.8) is 0 Å². The fraction of sp³-hybridized carbons (Fsp3) is 0.556. The number of nitrogens with one attached hydrogen (secondary N) is 1. The summed E-state index contributed by atoms with van der Waals surface area (Å²) in [4.78, 5) is 26.8. The van der Waals surface area contributed by atoms with Gasteiger partial charge in [0.1, 0.15) is 6.04 Å². The Labute approximate surface area is 149 Å². The topological polar surface area (TPSA) is 75.4 Å². The highest BCUT2D eigenvalue weighted by atomic mass is 32.2. The highest BCUT2D eigenvalue weighted by Crippen LogP contribution is 2.15. The van der Waals surface area contributed by atoms with Crippen LogP contribution in [0.3, 0.4) is 0 Å². The maximum atomic E-state index is 12.8. The summed E-state index contributed by atoms with van der Waals surface area (Å²) in [5, 5.41) is 2.88. The largest absolute Gasteiger partial charge is 0.343 e. The number of benzene rings is 1. The molecule has 1 aromatic carbocycles. The molecule has 0 saturated carbocycles. The lowest BCUT2D eigenvalue weighted by Crippen LogP contribution is -2.50. The number of thioether (sulfide) groups is 1. The molecule has 0 spiro atoms. The Morgan fingerprint density at radius 2 is 1.92 bits per heavy atom. The average Bonchev–Trinajstić information content (AvgIpc) is 2.58. The third-order valence-electron chi connectivity index (χ3n) is 3.84. The normalized spacial score (nSPS) is 12.5. The van der Waals surface area contributed by atoms with Gasteiger partial charge in [0, 0.05) is 19.2 Å². The lowest BCUT2D eigenvalue weighted by Gasteiger charge is -2.31. The van der Waals surface area contributed by atoms with E-state index in [2.05, 4.69) is 5.32 Å². The molecule has 2 amide bonds. The van der Waals surface area contributed by atoms with E-state index in [4.69, 9.17) is 5.73 Å². The van der Waals surface area contributed by atoms with Gasteiger partial charge in [-0.15, -0.1) is 0 Å². The van der Waals surface area contributed by atoms with Crippen molar-refractivity contribution in [3.8, 4) is 0 Å². The molecule has 1 atom stereocenters. The number of carbonyl (C=O) groups is 2. The van der Waals surface area contributed by atoms with Crippen LogP contribution in [0.2, 0.25) is 0 Å². The van der Waals surface area contributed by atoms with E-state index in [1.165, 1.54) is 0 Å². The molecule has 134 valence electrons. The van der Waals surface area contributed by atoms with Gasteiger partial charge in [0.2, 0.25) is 5.91 Å². The monoisotopic (exact) mass is 351 g/mol. The second-order valence-electron chi connectivity index (χ2n) is 6.74. The van der Waals surface area contributed by atoms with Crippen LogP contribution >= 0.6 is 11.8 Å². The van der Waals surface area contributed by atoms with Gasteiger partial charge in [-0.25, -0.2) is 0 Å². The quantitative estimate of drug-likeness (QED) is 0.713. The maximum Gasteiger partial charge on any atom is 0.251 e. The zero-order valence-corrected chi connectivity index (χ0v) is 15.9. The van der Waals surface area contributed by atoms with E-state index in [1.54, 1.807) is 35.8 Å². The molecule has 0 saturated heterocycles. The van der Waals surface area contributed by atoms with E-state index >= 15 is 0 Å². The van der Waals surface area contributed by atoms with Crippen molar-refractivity contribution in [2.45, 2.75) is 26.3 Å². The summed E-state index contributed by atoms with van der Waals surface area (Å²) in [6, 6.07) is 8.44. The second kappa shape index (κ2) is 9.69. The standard InChI is InChI=1S/C18H29N3O2S/c1-18(2,12-19)13-21(3)17(23)15(10-11-24-4)20-16(22)14-8-6-5-7-9-14/h5-9,15H,10-13,19H2,1-4H3,(H,20,22). The van der Waals surface area contributed by atoms with Gasteiger partial charge >= 0.3 is 0 Å². The average molecular weight is 352 g/mol. The molecule has 0 bridgehead atoms. The summed E-state index contributed by atoms with van der Waals surface area (Å²) in [7, 11) is 1.76. The van der Waals surface area contributed by atoms with E-state index in [0.29, 0.717) is 25.1 Å². The first-order valence-electron chi connectivity index (χ1n) is 8.10. The van der Waals surface area contributed by atoms with Crippen molar-refractivity contribution in [2.24, 2.45) is 11.1 Å². The number of likely N-dealkylation sites (N-methyl/N-ethyl adjacent to an activating group) is 1. The van der Waals surface area contributed by atoms with Crippen molar-refractivity contribution < 1.29 is 9.59 Å². The molecule has 0 aliphatic carbocycles. The Morgan fingerprint density at radius 3 is 2.46 bits per heavy atom. The zero-order chi connectivity index (χ0) is 18.2. The van der Waals surface area contributed by atoms with E-state index in [1.807, 2.05) is 38.3 Å². The first-order valence-corrected chi connectivity index (χ1v) is 9.50. The van der Waals surface area contributed by atoms with Gasteiger partial charge in [-0.1, -0.05) is 32.0 Å². The fourth-order valence-electron chi connectivity index (χ4n) is 2.37. The van der Waals surface area contributed by atoms with Crippen LogP contribution in [0.1, 0.15) is 30.6 Å². The molecule has 0 heterocycles. The summed E-state index contributed by atoms with van der Waals surface area (Å²) in [6.07, 6.45) is 2.59. The number of rotatable bonds is 9. The van der Waals surface area contributed by atoms with Crippen LogP contribution in [-0.4, -0.2) is 54.9 Å². The summed E-state index contributed by atoms with van der Waals surface area (Å²) in [5.41, 5.74) is 6.16. The predicted octanol–water partition coefficient (Wildman–Crippen LogP) is 1.98. The molecule has 0 aliphatic heterocycles. The van der Waals surface area contributed by atoms with Gasteiger partial charge in [-0.05, 0) is 42.5 Å². The second-order valence-corrected chi connectivity index (χ2v) is 7.72.